The van der Waals surface area contributed by atoms with E-state index in [1.807, 2.05) is 31.2 Å². The van der Waals surface area contributed by atoms with Gasteiger partial charge in [0.05, 0.1) is 17.1 Å². The van der Waals surface area contributed by atoms with Crippen molar-refractivity contribution in [3.63, 3.8) is 0 Å². The molecule has 1 saturated heterocycles. The van der Waals surface area contributed by atoms with Crippen LogP contribution in [0.25, 0.3) is 0 Å². The highest BCUT2D eigenvalue weighted by molar-refractivity contribution is 5.79. The van der Waals surface area contributed by atoms with E-state index in [9.17, 15) is 28.1 Å². The van der Waals surface area contributed by atoms with Crippen LogP contribution in [0.5, 0.6) is 5.75 Å². The number of nitro benzene ring substituents is 1. The Morgan fingerprint density at radius 3 is 2.36 bits per heavy atom. The van der Waals surface area contributed by atoms with Crippen LogP contribution in [0.1, 0.15) is 30.9 Å². The van der Waals surface area contributed by atoms with Crippen molar-refractivity contribution in [1.82, 2.24) is 4.90 Å². The number of halogens is 3. The molecule has 0 aliphatic carbocycles. The molecule has 0 unspecified atom stereocenters. The fourth-order valence-corrected chi connectivity index (χ4v) is 4.00. The Bertz CT molecular complexity index is 987. The molecule has 0 N–H and O–H groups in total. The molecule has 2 aromatic carbocycles. The predicted molar refractivity (Wildman–Crippen MR) is 117 cm³/mol. The second-order valence-electron chi connectivity index (χ2n) is 7.99. The maximum absolute atomic E-state index is 12.9. The van der Waals surface area contributed by atoms with Gasteiger partial charge in [0, 0.05) is 38.7 Å². The van der Waals surface area contributed by atoms with Gasteiger partial charge in [-0.2, -0.15) is 13.2 Å². The molecule has 1 amide bonds. The number of nitrogens with zero attached hydrogens (tertiary/aromatic N) is 3. The Balaban J connectivity index is 1.62. The van der Waals surface area contributed by atoms with Gasteiger partial charge in [0.1, 0.15) is 11.4 Å². The smallest absolute Gasteiger partial charge is 0.416 e. The van der Waals surface area contributed by atoms with Gasteiger partial charge in [0.2, 0.25) is 5.91 Å². The van der Waals surface area contributed by atoms with Crippen molar-refractivity contribution in [1.29, 1.82) is 0 Å². The minimum atomic E-state index is -4.66. The van der Waals surface area contributed by atoms with Gasteiger partial charge in [-0.25, -0.2) is 0 Å². The van der Waals surface area contributed by atoms with Crippen LogP contribution in [0.3, 0.4) is 0 Å². The number of anilines is 1. The molecule has 2 aromatic rings. The van der Waals surface area contributed by atoms with Gasteiger partial charge in [-0.1, -0.05) is 12.1 Å². The summed E-state index contributed by atoms with van der Waals surface area (Å²) in [5, 5.41) is 11.4. The Hall–Kier alpha value is -3.30. The lowest BCUT2D eigenvalue weighted by molar-refractivity contribution is -0.384. The summed E-state index contributed by atoms with van der Waals surface area (Å²) in [6.45, 7) is 3.61. The molecule has 33 heavy (non-hydrogen) atoms. The van der Waals surface area contributed by atoms with Crippen LogP contribution in [-0.4, -0.2) is 42.5 Å². The molecule has 0 spiro atoms. The second-order valence-corrected chi connectivity index (χ2v) is 7.99. The van der Waals surface area contributed by atoms with Gasteiger partial charge in [-0.15, -0.1) is 0 Å². The Labute approximate surface area is 189 Å². The lowest BCUT2D eigenvalue weighted by Gasteiger charge is -2.34. The zero-order valence-electron chi connectivity index (χ0n) is 18.5. The van der Waals surface area contributed by atoms with Crippen molar-refractivity contribution >= 4 is 17.3 Å². The summed E-state index contributed by atoms with van der Waals surface area (Å²) in [6.07, 6.45) is -3.73. The fraction of sp³-hybridized carbons (Fsp3) is 0.435. The first-order valence-electron chi connectivity index (χ1n) is 10.7. The minimum absolute atomic E-state index is 0.0227. The van der Waals surface area contributed by atoms with Crippen molar-refractivity contribution < 1.29 is 27.6 Å². The monoisotopic (exact) mass is 465 g/mol. The van der Waals surface area contributed by atoms with Gasteiger partial charge >= 0.3 is 6.18 Å². The molecule has 3 rings (SSSR count). The van der Waals surface area contributed by atoms with Crippen LogP contribution in [0.4, 0.5) is 24.5 Å². The number of hydrogen-bond acceptors (Lipinski definition) is 5. The highest BCUT2D eigenvalue weighted by Crippen LogP contribution is 2.37. The number of piperidine rings is 1. The number of amides is 1. The molecule has 0 saturated carbocycles. The van der Waals surface area contributed by atoms with E-state index in [4.69, 9.17) is 4.74 Å². The summed E-state index contributed by atoms with van der Waals surface area (Å²) in [7, 11) is 1.73. The molecule has 1 heterocycles. The SMILES string of the molecule is CCOc1ccc(CN(C)C(=O)C2CCN(c3ccc(C(F)(F)F)cc3[N+](=O)[O-])CC2)cc1. The normalized spacial score (nSPS) is 14.8. The third kappa shape index (κ3) is 5.94. The largest absolute Gasteiger partial charge is 0.494 e. The number of hydrogen-bond donors (Lipinski definition) is 0. The van der Waals surface area contributed by atoms with Crippen LogP contribution in [-0.2, 0) is 17.5 Å². The van der Waals surface area contributed by atoms with E-state index in [-0.39, 0.29) is 17.5 Å². The van der Waals surface area contributed by atoms with Gasteiger partial charge < -0.3 is 14.5 Å². The summed E-state index contributed by atoms with van der Waals surface area (Å²) in [5.74, 6) is 0.493. The van der Waals surface area contributed by atoms with E-state index in [1.54, 1.807) is 16.8 Å². The first kappa shape index (κ1) is 24.3. The number of ether oxygens (including phenoxy) is 1. The highest BCUT2D eigenvalue weighted by Gasteiger charge is 2.35. The molecular weight excluding hydrogens is 439 g/mol. The van der Waals surface area contributed by atoms with Gasteiger partial charge in [-0.05, 0) is 49.6 Å². The second kappa shape index (κ2) is 10.1. The molecule has 1 aliphatic heterocycles. The van der Waals surface area contributed by atoms with Crippen LogP contribution in [0.15, 0.2) is 42.5 Å². The average molecular weight is 465 g/mol. The van der Waals surface area contributed by atoms with E-state index >= 15 is 0 Å². The molecule has 1 aliphatic rings. The zero-order valence-corrected chi connectivity index (χ0v) is 18.5. The minimum Gasteiger partial charge on any atom is -0.494 e. The van der Waals surface area contributed by atoms with E-state index in [0.717, 1.165) is 23.4 Å². The van der Waals surface area contributed by atoms with Crippen molar-refractivity contribution in [3.8, 4) is 5.75 Å². The Morgan fingerprint density at radius 2 is 1.82 bits per heavy atom. The number of alkyl halides is 3. The fourth-order valence-electron chi connectivity index (χ4n) is 4.00. The molecule has 1 fully saturated rings. The first-order chi connectivity index (χ1) is 15.6. The quantitative estimate of drug-likeness (QED) is 0.430. The molecule has 0 bridgehead atoms. The summed E-state index contributed by atoms with van der Waals surface area (Å²) >= 11 is 0. The maximum Gasteiger partial charge on any atom is 0.416 e. The molecule has 0 aromatic heterocycles. The van der Waals surface area contributed by atoms with E-state index in [2.05, 4.69) is 0 Å². The third-order valence-electron chi connectivity index (χ3n) is 5.71. The summed E-state index contributed by atoms with van der Waals surface area (Å²) in [4.78, 5) is 26.8. The van der Waals surface area contributed by atoms with Crippen molar-refractivity contribution in [3.05, 3.63) is 63.7 Å². The van der Waals surface area contributed by atoms with E-state index in [0.29, 0.717) is 45.1 Å². The molecule has 178 valence electrons. The van der Waals surface area contributed by atoms with E-state index in [1.165, 1.54) is 0 Å². The zero-order chi connectivity index (χ0) is 24.2. The predicted octanol–water partition coefficient (Wildman–Crippen LogP) is 4.89. The molecule has 0 radical (unpaired) electrons. The molecular formula is C23H26F3N3O4. The van der Waals surface area contributed by atoms with E-state index < -0.39 is 22.4 Å². The van der Waals surface area contributed by atoms with Gasteiger partial charge in [0.25, 0.3) is 5.69 Å². The van der Waals surface area contributed by atoms with Crippen LogP contribution in [0.2, 0.25) is 0 Å². The molecule has 0 atom stereocenters. The Kier molecular flexibility index (Phi) is 7.45. The maximum atomic E-state index is 12.9. The average Bonchev–Trinajstić information content (AvgIpc) is 2.79. The Morgan fingerprint density at radius 1 is 1.18 bits per heavy atom. The van der Waals surface area contributed by atoms with Crippen LogP contribution in [0, 0.1) is 16.0 Å². The van der Waals surface area contributed by atoms with Crippen LogP contribution < -0.4 is 9.64 Å². The van der Waals surface area contributed by atoms with Gasteiger partial charge in [-0.3, -0.25) is 14.9 Å². The van der Waals surface area contributed by atoms with Crippen molar-refractivity contribution in [2.75, 3.05) is 31.6 Å². The first-order valence-corrected chi connectivity index (χ1v) is 10.7. The van der Waals surface area contributed by atoms with Gasteiger partial charge in [0.15, 0.2) is 0 Å². The standard InChI is InChI=1S/C23H26F3N3O4/c1-3-33-19-7-4-16(5-8-19)15-27(2)22(30)17-10-12-28(13-11-17)20-9-6-18(23(24,25)26)14-21(20)29(31)32/h4-9,14,17H,3,10-13,15H2,1-2H3. The lowest BCUT2D eigenvalue weighted by Crippen LogP contribution is -2.41. The summed E-state index contributed by atoms with van der Waals surface area (Å²) < 4.78 is 44.3. The number of nitro groups is 1. The highest BCUT2D eigenvalue weighted by atomic mass is 19.4. The van der Waals surface area contributed by atoms with Crippen LogP contribution >= 0.6 is 0 Å². The lowest BCUT2D eigenvalue weighted by atomic mass is 9.94. The molecule has 10 heteroatoms. The number of benzene rings is 2. The van der Waals surface area contributed by atoms with Crippen molar-refractivity contribution in [2.24, 2.45) is 5.92 Å². The third-order valence-corrected chi connectivity index (χ3v) is 5.71. The topological polar surface area (TPSA) is 75.9 Å². The number of carbonyl (C=O) groups excluding carboxylic acids is 1. The summed E-state index contributed by atoms with van der Waals surface area (Å²) in [5.41, 5.74) is -0.532. The number of rotatable bonds is 7. The summed E-state index contributed by atoms with van der Waals surface area (Å²) in [6, 6.07) is 10.1. The van der Waals surface area contributed by atoms with Crippen molar-refractivity contribution in [2.45, 2.75) is 32.5 Å². The number of carbonyl (C=O) groups is 1. The molecule has 7 nitrogen and oxygen atoms in total.